The van der Waals surface area contributed by atoms with Gasteiger partial charge in [-0.2, -0.15) is 26.3 Å². The first kappa shape index (κ1) is 36.2. The highest BCUT2D eigenvalue weighted by Gasteiger charge is 2.42. The minimum absolute atomic E-state index is 0.0253. The third-order valence-corrected chi connectivity index (χ3v) is 8.90. The molecule has 2 aromatic rings. The highest BCUT2D eigenvalue weighted by molar-refractivity contribution is 5.86. The average Bonchev–Trinajstić information content (AvgIpc) is 2.98. The maximum Gasteiger partial charge on any atom is 0.416 e. The van der Waals surface area contributed by atoms with Crippen LogP contribution in [-0.2, 0) is 33.3 Å². The molecule has 1 N–H and O–H groups in total. The zero-order valence-corrected chi connectivity index (χ0v) is 26.5. The number of rotatable bonds is 6. The zero-order chi connectivity index (χ0) is 35.1. The van der Waals surface area contributed by atoms with Gasteiger partial charge in [0.25, 0.3) is 5.91 Å². The molecule has 0 bridgehead atoms. The predicted octanol–water partition coefficient (Wildman–Crippen LogP) is 5.77. The van der Waals surface area contributed by atoms with E-state index >= 15 is 0 Å². The average molecular weight is 674 g/mol. The van der Waals surface area contributed by atoms with E-state index in [4.69, 9.17) is 0 Å². The summed E-state index contributed by atoms with van der Waals surface area (Å²) < 4.78 is 94.7. The van der Waals surface area contributed by atoms with Crippen LogP contribution in [-0.4, -0.2) is 76.4 Å². The third-order valence-electron chi connectivity index (χ3n) is 8.90. The monoisotopic (exact) mass is 673 g/mol. The molecule has 3 amide bonds. The number of amides is 3. The topological polar surface area (TPSA) is 81.2 Å². The van der Waals surface area contributed by atoms with Gasteiger partial charge in [-0.3, -0.25) is 14.4 Å². The fourth-order valence-electron chi connectivity index (χ4n) is 6.57. The van der Waals surface area contributed by atoms with Gasteiger partial charge in [-0.15, -0.1) is 0 Å². The number of halogens is 7. The summed E-state index contributed by atoms with van der Waals surface area (Å²) in [5.74, 6) is -3.83. The van der Waals surface area contributed by atoms with E-state index in [0.717, 1.165) is 4.90 Å². The maximum atomic E-state index is 14.1. The lowest BCUT2D eigenvalue weighted by Gasteiger charge is -2.42. The Bertz CT molecular complexity index is 1470. The Morgan fingerprint density at radius 2 is 1.51 bits per heavy atom. The molecule has 2 aliphatic rings. The van der Waals surface area contributed by atoms with Crippen LogP contribution in [0.15, 0.2) is 36.4 Å². The van der Waals surface area contributed by atoms with Gasteiger partial charge in [-0.05, 0) is 87.1 Å². The number of piperidine rings is 2. The predicted molar refractivity (Wildman–Crippen MR) is 157 cm³/mol. The summed E-state index contributed by atoms with van der Waals surface area (Å²) in [5.41, 5.74) is -3.84. The lowest BCUT2D eigenvalue weighted by Crippen LogP contribution is -2.54. The molecule has 47 heavy (non-hydrogen) atoms. The highest BCUT2D eigenvalue weighted by atomic mass is 19.4. The molecule has 258 valence electrons. The number of hydrogen-bond donors (Lipinski definition) is 1. The van der Waals surface area contributed by atoms with Crippen molar-refractivity contribution in [2.45, 2.75) is 70.4 Å². The highest BCUT2D eigenvalue weighted by Crippen LogP contribution is 2.39. The molecule has 2 fully saturated rings. The minimum atomic E-state index is -5.04. The maximum absolute atomic E-state index is 14.1. The second-order valence-electron chi connectivity index (χ2n) is 13.0. The smallest absolute Gasteiger partial charge is 0.381 e. The first-order valence-corrected chi connectivity index (χ1v) is 15.3. The van der Waals surface area contributed by atoms with E-state index in [9.17, 15) is 50.2 Å². The van der Waals surface area contributed by atoms with Crippen molar-refractivity contribution in [2.75, 3.05) is 33.2 Å². The van der Waals surface area contributed by atoms with Crippen molar-refractivity contribution in [3.63, 3.8) is 0 Å². The molecule has 2 aliphatic heterocycles. The van der Waals surface area contributed by atoms with E-state index in [1.807, 2.05) is 0 Å². The number of hydrogen-bond acceptors (Lipinski definition) is 4. The summed E-state index contributed by atoms with van der Waals surface area (Å²) in [6.45, 7) is 4.55. The molecular formula is C33H38F7N3O4. The normalized spacial score (nSPS) is 21.1. The van der Waals surface area contributed by atoms with E-state index in [1.54, 1.807) is 11.8 Å². The number of carbonyl (C=O) groups is 3. The Morgan fingerprint density at radius 3 is 2.06 bits per heavy atom. The van der Waals surface area contributed by atoms with E-state index in [-0.39, 0.29) is 43.6 Å². The molecule has 0 radical (unpaired) electrons. The number of carbonyl (C=O) groups excluding carboxylic acids is 3. The van der Waals surface area contributed by atoms with E-state index in [1.165, 1.54) is 44.0 Å². The first-order chi connectivity index (χ1) is 21.7. The summed E-state index contributed by atoms with van der Waals surface area (Å²) in [4.78, 5) is 44.4. The molecule has 2 aromatic carbocycles. The van der Waals surface area contributed by atoms with Gasteiger partial charge < -0.3 is 19.8 Å². The number of likely N-dealkylation sites (tertiary alicyclic amines) is 2. The van der Waals surface area contributed by atoms with Crippen molar-refractivity contribution in [3.05, 3.63) is 70.0 Å². The number of benzene rings is 2. The minimum Gasteiger partial charge on any atom is -0.381 e. The van der Waals surface area contributed by atoms with Crippen LogP contribution in [0.2, 0.25) is 0 Å². The van der Waals surface area contributed by atoms with Crippen molar-refractivity contribution in [1.82, 2.24) is 14.7 Å². The van der Waals surface area contributed by atoms with E-state index in [2.05, 4.69) is 0 Å². The molecule has 0 aliphatic carbocycles. The van der Waals surface area contributed by atoms with Crippen LogP contribution in [0.25, 0.3) is 0 Å². The van der Waals surface area contributed by atoms with Gasteiger partial charge in [0.05, 0.1) is 17.0 Å². The Balaban J connectivity index is 1.59. The van der Waals surface area contributed by atoms with Crippen LogP contribution in [0.5, 0.6) is 0 Å². The summed E-state index contributed by atoms with van der Waals surface area (Å²) in [6, 6.07) is 5.20. The molecule has 14 heteroatoms. The van der Waals surface area contributed by atoms with Gasteiger partial charge in [0.2, 0.25) is 11.8 Å². The van der Waals surface area contributed by atoms with Gasteiger partial charge in [0.15, 0.2) is 0 Å². The van der Waals surface area contributed by atoms with E-state index in [0.29, 0.717) is 42.6 Å². The quantitative estimate of drug-likeness (QED) is 0.395. The van der Waals surface area contributed by atoms with Crippen molar-refractivity contribution in [3.8, 4) is 0 Å². The van der Waals surface area contributed by atoms with Crippen LogP contribution in [0.1, 0.15) is 66.8 Å². The fraction of sp³-hybridized carbons (Fsp3) is 0.545. The largest absolute Gasteiger partial charge is 0.416 e. The molecule has 2 heterocycles. The van der Waals surface area contributed by atoms with Gasteiger partial charge >= 0.3 is 12.4 Å². The number of alkyl halides is 6. The summed E-state index contributed by atoms with van der Waals surface area (Å²) in [7, 11) is 1.29. The molecular weight excluding hydrogens is 635 g/mol. The van der Waals surface area contributed by atoms with Gasteiger partial charge in [0, 0.05) is 51.6 Å². The molecule has 4 rings (SSSR count). The lowest BCUT2D eigenvalue weighted by molar-refractivity contribution is -0.153. The second kappa shape index (κ2) is 13.4. The molecule has 0 spiro atoms. The lowest BCUT2D eigenvalue weighted by atomic mass is 9.77. The Labute approximate surface area is 268 Å². The Kier molecular flexibility index (Phi) is 10.3. The summed E-state index contributed by atoms with van der Waals surface area (Å²) in [5, 5.41) is 10.2. The SMILES string of the molecule is Cc1cc(F)ccc1C1CN(C(=O)C2CCCN(C(=O)C(C)(C)O)C2)CCC1C(=O)N(C)Cc1cc(C(F)(F)F)cc(C(F)(F)F)c1. The van der Waals surface area contributed by atoms with Gasteiger partial charge in [0.1, 0.15) is 11.4 Å². The van der Waals surface area contributed by atoms with Crippen molar-refractivity contribution >= 4 is 17.7 Å². The summed E-state index contributed by atoms with van der Waals surface area (Å²) in [6.07, 6.45) is -8.90. The Morgan fingerprint density at radius 1 is 0.894 bits per heavy atom. The molecule has 3 unspecified atom stereocenters. The molecule has 0 aromatic heterocycles. The Hall–Kier alpha value is -3.68. The van der Waals surface area contributed by atoms with Crippen molar-refractivity contribution in [1.29, 1.82) is 0 Å². The van der Waals surface area contributed by atoms with Crippen LogP contribution in [0, 0.1) is 24.6 Å². The van der Waals surface area contributed by atoms with Crippen LogP contribution >= 0.6 is 0 Å². The zero-order valence-electron chi connectivity index (χ0n) is 26.5. The van der Waals surface area contributed by atoms with Crippen molar-refractivity contribution < 1.29 is 50.2 Å². The standard InChI is InChI=1S/C33H38F7N3O4/c1-19-12-24(34)7-8-25(19)27-18-42(28(44)21-6-5-10-43(17-21)30(46)31(2,3)47)11-9-26(27)29(45)41(4)16-20-13-22(32(35,36)37)15-23(14-20)33(38,39)40/h7-8,12-15,21,26-27,47H,5-6,9-11,16-18H2,1-4H3. The first-order valence-electron chi connectivity index (χ1n) is 15.3. The van der Waals surface area contributed by atoms with Crippen LogP contribution in [0.4, 0.5) is 30.7 Å². The summed E-state index contributed by atoms with van der Waals surface area (Å²) >= 11 is 0. The molecule has 2 saturated heterocycles. The fourth-order valence-corrected chi connectivity index (χ4v) is 6.57. The van der Waals surface area contributed by atoms with Gasteiger partial charge in [-0.25, -0.2) is 4.39 Å². The molecule has 7 nitrogen and oxygen atoms in total. The number of aryl methyl sites for hydroxylation is 1. The van der Waals surface area contributed by atoms with Crippen molar-refractivity contribution in [2.24, 2.45) is 11.8 Å². The van der Waals surface area contributed by atoms with Crippen LogP contribution < -0.4 is 0 Å². The molecule has 0 saturated carbocycles. The number of nitrogens with zero attached hydrogens (tertiary/aromatic N) is 3. The van der Waals surface area contributed by atoms with Gasteiger partial charge in [-0.1, -0.05) is 6.07 Å². The second-order valence-corrected chi connectivity index (χ2v) is 13.0. The van der Waals surface area contributed by atoms with E-state index < -0.39 is 71.0 Å². The third kappa shape index (κ3) is 8.43. The number of aliphatic hydroxyl groups is 1. The van der Waals surface area contributed by atoms with Crippen LogP contribution in [0.3, 0.4) is 0 Å². The molecule has 3 atom stereocenters.